The fraction of sp³-hybridized carbons (Fsp3) is 0.278. The molecule has 2 aromatic rings. The Kier molecular flexibility index (Phi) is 4.99. The molecule has 1 atom stereocenters. The van der Waals surface area contributed by atoms with Gasteiger partial charge in [-0.1, -0.05) is 36.4 Å². The Bertz CT molecular complexity index is 658. The minimum atomic E-state index is -0.289. The van der Waals surface area contributed by atoms with E-state index in [1.54, 1.807) is 18.5 Å². The van der Waals surface area contributed by atoms with Crippen LogP contribution in [-0.2, 0) is 9.53 Å². The van der Waals surface area contributed by atoms with Crippen molar-refractivity contribution in [2.45, 2.75) is 18.9 Å². The van der Waals surface area contributed by atoms with Gasteiger partial charge in [0.2, 0.25) is 5.95 Å². The lowest BCUT2D eigenvalue weighted by Gasteiger charge is -2.22. The number of aromatic nitrogens is 2. The molecule has 1 aromatic carbocycles. The summed E-state index contributed by atoms with van der Waals surface area (Å²) in [5, 5.41) is 0. The molecule has 0 saturated carbocycles. The molecule has 1 fully saturated rings. The maximum absolute atomic E-state index is 12.3. The number of carbonyl (C=O) groups is 1. The van der Waals surface area contributed by atoms with Crippen molar-refractivity contribution >= 4 is 18.0 Å². The molecule has 23 heavy (non-hydrogen) atoms. The second kappa shape index (κ2) is 7.54. The van der Waals surface area contributed by atoms with Crippen LogP contribution in [0.4, 0.5) is 5.95 Å². The van der Waals surface area contributed by atoms with Crippen LogP contribution in [0.2, 0.25) is 0 Å². The monoisotopic (exact) mass is 309 g/mol. The normalized spacial score (nSPS) is 17.6. The van der Waals surface area contributed by atoms with Gasteiger partial charge in [0.05, 0.1) is 0 Å². The second-order valence-electron chi connectivity index (χ2n) is 5.34. The van der Waals surface area contributed by atoms with Gasteiger partial charge in [-0.05, 0) is 30.5 Å². The third kappa shape index (κ3) is 3.94. The Balaban J connectivity index is 1.54. The van der Waals surface area contributed by atoms with Crippen molar-refractivity contribution in [2.75, 3.05) is 18.1 Å². The molecule has 1 unspecified atom stereocenters. The molecule has 1 aliphatic rings. The zero-order valence-corrected chi connectivity index (χ0v) is 12.8. The van der Waals surface area contributed by atoms with Crippen LogP contribution in [0, 0.1) is 0 Å². The van der Waals surface area contributed by atoms with Crippen LogP contribution in [0.25, 0.3) is 6.08 Å². The van der Waals surface area contributed by atoms with Crippen LogP contribution in [0.3, 0.4) is 0 Å². The summed E-state index contributed by atoms with van der Waals surface area (Å²) >= 11 is 0. The number of nitrogens with zero attached hydrogens (tertiary/aromatic N) is 3. The lowest BCUT2D eigenvalue weighted by Crippen LogP contribution is -2.38. The van der Waals surface area contributed by atoms with Crippen molar-refractivity contribution in [3.63, 3.8) is 0 Å². The van der Waals surface area contributed by atoms with E-state index in [-0.39, 0.29) is 18.6 Å². The number of hydrogen-bond acceptors (Lipinski definition) is 5. The van der Waals surface area contributed by atoms with Crippen molar-refractivity contribution in [1.82, 2.24) is 9.97 Å². The van der Waals surface area contributed by atoms with E-state index in [4.69, 9.17) is 4.74 Å². The summed E-state index contributed by atoms with van der Waals surface area (Å²) in [5.41, 5.74) is 1.09. The zero-order valence-electron chi connectivity index (χ0n) is 12.8. The summed E-state index contributed by atoms with van der Waals surface area (Å²) in [5.74, 6) is 0.374. The van der Waals surface area contributed by atoms with Crippen LogP contribution in [-0.4, -0.2) is 35.1 Å². The largest absolute Gasteiger partial charge is 0.460 e. The first-order chi connectivity index (χ1) is 11.3. The van der Waals surface area contributed by atoms with Crippen LogP contribution in [0.5, 0.6) is 0 Å². The van der Waals surface area contributed by atoms with Gasteiger partial charge in [0.1, 0.15) is 12.6 Å². The predicted molar refractivity (Wildman–Crippen MR) is 88.8 cm³/mol. The van der Waals surface area contributed by atoms with E-state index in [0.29, 0.717) is 5.95 Å². The van der Waals surface area contributed by atoms with Gasteiger partial charge >= 0.3 is 5.97 Å². The molecule has 0 spiro atoms. The first-order valence-electron chi connectivity index (χ1n) is 7.76. The first-order valence-corrected chi connectivity index (χ1v) is 7.76. The maximum Gasteiger partial charge on any atom is 0.329 e. The molecular formula is C18H19N3O2. The van der Waals surface area contributed by atoms with Gasteiger partial charge < -0.3 is 9.64 Å². The first kappa shape index (κ1) is 15.2. The van der Waals surface area contributed by atoms with Crippen LogP contribution in [0.15, 0.2) is 54.9 Å². The number of ether oxygens (including phenoxy) is 1. The summed E-state index contributed by atoms with van der Waals surface area (Å²) < 4.78 is 5.38. The molecule has 0 N–H and O–H groups in total. The second-order valence-corrected chi connectivity index (χ2v) is 5.34. The third-order valence-corrected chi connectivity index (χ3v) is 3.77. The highest BCUT2D eigenvalue weighted by atomic mass is 16.5. The number of esters is 1. The predicted octanol–water partition coefficient (Wildman–Crippen LogP) is 2.70. The molecule has 5 nitrogen and oxygen atoms in total. The summed E-state index contributed by atoms with van der Waals surface area (Å²) in [4.78, 5) is 22.7. The number of benzene rings is 1. The molecule has 5 heteroatoms. The summed E-state index contributed by atoms with van der Waals surface area (Å²) in [6.07, 6.45) is 8.89. The highest BCUT2D eigenvalue weighted by Crippen LogP contribution is 2.22. The SMILES string of the molecule is O=C(OC/C=C/c1ccccc1)C1CCCN1c1ncccn1. The smallest absolute Gasteiger partial charge is 0.329 e. The van der Waals surface area contributed by atoms with Gasteiger partial charge in [-0.2, -0.15) is 0 Å². The summed E-state index contributed by atoms with van der Waals surface area (Å²) in [6, 6.07) is 11.4. The molecule has 3 rings (SSSR count). The average molecular weight is 309 g/mol. The zero-order chi connectivity index (χ0) is 15.9. The van der Waals surface area contributed by atoms with Crippen LogP contribution in [0.1, 0.15) is 18.4 Å². The lowest BCUT2D eigenvalue weighted by atomic mass is 10.2. The minimum absolute atomic E-state index is 0.215. The lowest BCUT2D eigenvalue weighted by molar-refractivity contribution is -0.143. The molecule has 0 aliphatic carbocycles. The molecule has 1 saturated heterocycles. The highest BCUT2D eigenvalue weighted by molar-refractivity contribution is 5.80. The average Bonchev–Trinajstić information content (AvgIpc) is 3.10. The molecule has 118 valence electrons. The van der Waals surface area contributed by atoms with Gasteiger partial charge in [0, 0.05) is 18.9 Å². The standard InChI is InChI=1S/C18H19N3O2/c22-17(23-14-5-9-15-7-2-1-3-8-15)16-10-4-13-21(16)18-19-11-6-12-20-18/h1-3,5-9,11-12,16H,4,10,13-14H2/b9-5+. The number of rotatable bonds is 5. The maximum atomic E-state index is 12.3. The van der Waals surface area contributed by atoms with E-state index in [9.17, 15) is 4.79 Å². The Morgan fingerprint density at radius 1 is 1.22 bits per heavy atom. The minimum Gasteiger partial charge on any atom is -0.460 e. The number of anilines is 1. The van der Waals surface area contributed by atoms with Gasteiger partial charge in [0.25, 0.3) is 0 Å². The molecule has 0 bridgehead atoms. The molecule has 1 aromatic heterocycles. The van der Waals surface area contributed by atoms with E-state index in [1.807, 2.05) is 47.4 Å². The highest BCUT2D eigenvalue weighted by Gasteiger charge is 2.33. The van der Waals surface area contributed by atoms with E-state index in [0.717, 1.165) is 24.9 Å². The Labute approximate surface area is 135 Å². The summed E-state index contributed by atoms with van der Waals surface area (Å²) in [6.45, 7) is 1.05. The number of hydrogen-bond donors (Lipinski definition) is 0. The molecule has 1 aliphatic heterocycles. The van der Waals surface area contributed by atoms with Crippen molar-refractivity contribution in [3.05, 3.63) is 60.4 Å². The summed E-state index contributed by atoms with van der Waals surface area (Å²) in [7, 11) is 0. The Hall–Kier alpha value is -2.69. The van der Waals surface area contributed by atoms with Crippen molar-refractivity contribution in [1.29, 1.82) is 0 Å². The fourth-order valence-electron chi connectivity index (χ4n) is 2.67. The Morgan fingerprint density at radius 3 is 2.78 bits per heavy atom. The van der Waals surface area contributed by atoms with Crippen LogP contribution >= 0.6 is 0 Å². The van der Waals surface area contributed by atoms with Crippen LogP contribution < -0.4 is 4.90 Å². The van der Waals surface area contributed by atoms with Gasteiger partial charge in [-0.15, -0.1) is 0 Å². The molecule has 2 heterocycles. The molecule has 0 amide bonds. The topological polar surface area (TPSA) is 55.3 Å². The van der Waals surface area contributed by atoms with Gasteiger partial charge in [-0.3, -0.25) is 0 Å². The van der Waals surface area contributed by atoms with E-state index in [2.05, 4.69) is 9.97 Å². The number of carbonyl (C=O) groups excluding carboxylic acids is 1. The molecule has 0 radical (unpaired) electrons. The van der Waals surface area contributed by atoms with Crippen molar-refractivity contribution in [3.8, 4) is 0 Å². The van der Waals surface area contributed by atoms with Gasteiger partial charge in [0.15, 0.2) is 0 Å². The quantitative estimate of drug-likeness (QED) is 0.795. The van der Waals surface area contributed by atoms with E-state index in [1.165, 1.54) is 0 Å². The van der Waals surface area contributed by atoms with Gasteiger partial charge in [-0.25, -0.2) is 14.8 Å². The van der Waals surface area contributed by atoms with Crippen molar-refractivity contribution < 1.29 is 9.53 Å². The molecular weight excluding hydrogens is 290 g/mol. The fourth-order valence-corrected chi connectivity index (χ4v) is 2.67. The van der Waals surface area contributed by atoms with Crippen molar-refractivity contribution in [2.24, 2.45) is 0 Å². The van der Waals surface area contributed by atoms with E-state index < -0.39 is 0 Å². The third-order valence-electron chi connectivity index (χ3n) is 3.77. The Morgan fingerprint density at radius 2 is 2.00 bits per heavy atom. The van der Waals surface area contributed by atoms with E-state index >= 15 is 0 Å².